The first kappa shape index (κ1) is 8.72. The SMILES string of the molecule is ClN1CCN(c2cnccn2)CC1. The van der Waals surface area contributed by atoms with Gasteiger partial charge in [-0.1, -0.05) is 0 Å². The van der Waals surface area contributed by atoms with Gasteiger partial charge in [-0.2, -0.15) is 0 Å². The summed E-state index contributed by atoms with van der Waals surface area (Å²) in [4.78, 5) is 10.4. The lowest BCUT2D eigenvalue weighted by Crippen LogP contribution is -2.42. The number of hydrogen-bond donors (Lipinski definition) is 0. The Kier molecular flexibility index (Phi) is 2.61. The van der Waals surface area contributed by atoms with Crippen LogP contribution in [0.15, 0.2) is 18.6 Å². The second kappa shape index (κ2) is 3.89. The highest BCUT2D eigenvalue weighted by molar-refractivity contribution is 6.13. The Bertz CT molecular complexity index is 258. The molecule has 4 nitrogen and oxygen atoms in total. The second-order valence-corrected chi connectivity index (χ2v) is 3.44. The van der Waals surface area contributed by atoms with E-state index in [9.17, 15) is 0 Å². The first-order valence-electron chi connectivity index (χ1n) is 4.28. The molecule has 70 valence electrons. The van der Waals surface area contributed by atoms with Crippen molar-refractivity contribution in [2.75, 3.05) is 31.1 Å². The maximum atomic E-state index is 5.84. The fourth-order valence-electron chi connectivity index (χ4n) is 1.37. The maximum Gasteiger partial charge on any atom is 0.147 e. The lowest BCUT2D eigenvalue weighted by atomic mass is 10.3. The number of hydrogen-bond acceptors (Lipinski definition) is 4. The van der Waals surface area contributed by atoms with Crippen molar-refractivity contribution in [2.45, 2.75) is 0 Å². The predicted molar refractivity (Wildman–Crippen MR) is 51.7 cm³/mol. The summed E-state index contributed by atoms with van der Waals surface area (Å²) in [7, 11) is 0. The smallest absolute Gasteiger partial charge is 0.147 e. The van der Waals surface area contributed by atoms with E-state index < -0.39 is 0 Å². The highest BCUT2D eigenvalue weighted by Crippen LogP contribution is 2.11. The van der Waals surface area contributed by atoms with Gasteiger partial charge in [0.25, 0.3) is 0 Å². The highest BCUT2D eigenvalue weighted by atomic mass is 35.5. The Balaban J connectivity index is 2.03. The summed E-state index contributed by atoms with van der Waals surface area (Å²) >= 11 is 5.84. The van der Waals surface area contributed by atoms with Crippen LogP contribution in [0.5, 0.6) is 0 Å². The molecule has 0 spiro atoms. The molecule has 1 saturated heterocycles. The Morgan fingerprint density at radius 1 is 1.15 bits per heavy atom. The zero-order chi connectivity index (χ0) is 9.10. The van der Waals surface area contributed by atoms with E-state index >= 15 is 0 Å². The molecule has 0 aromatic carbocycles. The summed E-state index contributed by atoms with van der Waals surface area (Å²) in [5.41, 5.74) is 0. The Labute approximate surface area is 82.3 Å². The van der Waals surface area contributed by atoms with Crippen LogP contribution in [-0.4, -0.2) is 40.6 Å². The molecule has 0 amide bonds. The van der Waals surface area contributed by atoms with Crippen molar-refractivity contribution in [3.63, 3.8) is 0 Å². The monoisotopic (exact) mass is 198 g/mol. The van der Waals surface area contributed by atoms with Crippen LogP contribution in [0.25, 0.3) is 0 Å². The average Bonchev–Trinajstić information content (AvgIpc) is 2.20. The van der Waals surface area contributed by atoms with Gasteiger partial charge in [-0.25, -0.2) is 9.40 Å². The van der Waals surface area contributed by atoms with Gasteiger partial charge in [0.15, 0.2) is 0 Å². The van der Waals surface area contributed by atoms with Crippen LogP contribution in [-0.2, 0) is 0 Å². The van der Waals surface area contributed by atoms with E-state index in [1.54, 1.807) is 23.0 Å². The largest absolute Gasteiger partial charge is 0.353 e. The first-order valence-corrected chi connectivity index (χ1v) is 4.62. The maximum absolute atomic E-state index is 5.84. The average molecular weight is 199 g/mol. The van der Waals surface area contributed by atoms with Gasteiger partial charge in [0.05, 0.1) is 6.20 Å². The number of nitrogens with zero attached hydrogens (tertiary/aromatic N) is 4. The summed E-state index contributed by atoms with van der Waals surface area (Å²) in [5, 5.41) is 0. The third-order valence-electron chi connectivity index (χ3n) is 2.10. The zero-order valence-corrected chi connectivity index (χ0v) is 7.98. The molecule has 0 atom stereocenters. The lowest BCUT2D eigenvalue weighted by Gasteiger charge is -2.31. The van der Waals surface area contributed by atoms with Crippen molar-refractivity contribution in [1.82, 2.24) is 14.4 Å². The number of halogens is 1. The standard InChI is InChI=1S/C8H11ClN4/c9-13-5-3-12(4-6-13)8-7-10-1-2-11-8/h1-2,7H,3-6H2. The van der Waals surface area contributed by atoms with Crippen LogP contribution < -0.4 is 4.90 Å². The number of anilines is 1. The molecule has 0 bridgehead atoms. The Morgan fingerprint density at radius 3 is 2.54 bits per heavy atom. The van der Waals surface area contributed by atoms with Gasteiger partial charge in [0.2, 0.25) is 0 Å². The van der Waals surface area contributed by atoms with Crippen LogP contribution in [0.4, 0.5) is 5.82 Å². The normalized spacial score (nSPS) is 19.0. The molecule has 2 heterocycles. The summed E-state index contributed by atoms with van der Waals surface area (Å²) in [5.74, 6) is 0.937. The number of piperazine rings is 1. The molecule has 0 radical (unpaired) electrons. The van der Waals surface area contributed by atoms with Crippen LogP contribution in [0.1, 0.15) is 0 Å². The number of rotatable bonds is 1. The minimum absolute atomic E-state index is 0.873. The van der Waals surface area contributed by atoms with Gasteiger partial charge in [-0.15, -0.1) is 0 Å². The summed E-state index contributed by atoms with van der Waals surface area (Å²) in [6, 6.07) is 0. The van der Waals surface area contributed by atoms with E-state index in [0.29, 0.717) is 0 Å². The zero-order valence-electron chi connectivity index (χ0n) is 7.23. The van der Waals surface area contributed by atoms with Crippen molar-refractivity contribution in [2.24, 2.45) is 0 Å². The quantitative estimate of drug-likeness (QED) is 0.624. The molecule has 0 N–H and O–H groups in total. The molecule has 0 saturated carbocycles. The summed E-state index contributed by atoms with van der Waals surface area (Å²) < 4.78 is 1.80. The van der Waals surface area contributed by atoms with E-state index in [-0.39, 0.29) is 0 Å². The fourth-order valence-corrected chi connectivity index (χ4v) is 1.52. The second-order valence-electron chi connectivity index (χ2n) is 2.96. The van der Waals surface area contributed by atoms with Gasteiger partial charge in [-0.05, 0) is 11.8 Å². The molecule has 1 aliphatic heterocycles. The van der Waals surface area contributed by atoms with Crippen molar-refractivity contribution >= 4 is 17.6 Å². The van der Waals surface area contributed by atoms with Crippen LogP contribution in [0.2, 0.25) is 0 Å². The predicted octanol–water partition coefficient (Wildman–Crippen LogP) is 0.752. The van der Waals surface area contributed by atoms with Crippen molar-refractivity contribution in [3.05, 3.63) is 18.6 Å². The van der Waals surface area contributed by atoms with Crippen molar-refractivity contribution < 1.29 is 0 Å². The van der Waals surface area contributed by atoms with Crippen LogP contribution in [0, 0.1) is 0 Å². The van der Waals surface area contributed by atoms with Gasteiger partial charge >= 0.3 is 0 Å². The molecular formula is C8H11ClN4. The minimum Gasteiger partial charge on any atom is -0.353 e. The van der Waals surface area contributed by atoms with E-state index in [4.69, 9.17) is 11.8 Å². The van der Waals surface area contributed by atoms with Crippen LogP contribution in [0.3, 0.4) is 0 Å². The number of aromatic nitrogens is 2. The molecule has 13 heavy (non-hydrogen) atoms. The Hall–Kier alpha value is -0.870. The molecule has 5 heteroatoms. The molecular weight excluding hydrogens is 188 g/mol. The summed E-state index contributed by atoms with van der Waals surface area (Å²) in [6.45, 7) is 3.58. The van der Waals surface area contributed by atoms with Gasteiger partial charge in [0.1, 0.15) is 5.82 Å². The van der Waals surface area contributed by atoms with Crippen molar-refractivity contribution in [1.29, 1.82) is 0 Å². The first-order chi connectivity index (χ1) is 6.36. The van der Waals surface area contributed by atoms with E-state index in [0.717, 1.165) is 32.0 Å². The molecule has 2 rings (SSSR count). The van der Waals surface area contributed by atoms with E-state index in [1.807, 2.05) is 0 Å². The van der Waals surface area contributed by atoms with Crippen molar-refractivity contribution in [3.8, 4) is 0 Å². The molecule has 1 aromatic heterocycles. The Morgan fingerprint density at radius 2 is 1.92 bits per heavy atom. The van der Waals surface area contributed by atoms with E-state index in [2.05, 4.69) is 14.9 Å². The molecule has 1 aromatic rings. The molecule has 0 aliphatic carbocycles. The third kappa shape index (κ3) is 2.08. The van der Waals surface area contributed by atoms with Gasteiger partial charge in [-0.3, -0.25) is 4.98 Å². The topological polar surface area (TPSA) is 32.3 Å². The van der Waals surface area contributed by atoms with Crippen LogP contribution >= 0.6 is 11.8 Å². The molecule has 1 aliphatic rings. The lowest BCUT2D eigenvalue weighted by molar-refractivity contribution is 0.414. The molecule has 0 unspecified atom stereocenters. The minimum atomic E-state index is 0.873. The van der Waals surface area contributed by atoms with Gasteiger partial charge in [0, 0.05) is 38.6 Å². The highest BCUT2D eigenvalue weighted by Gasteiger charge is 2.15. The fraction of sp³-hybridized carbons (Fsp3) is 0.500. The van der Waals surface area contributed by atoms with Gasteiger partial charge < -0.3 is 4.90 Å². The summed E-state index contributed by atoms with van der Waals surface area (Å²) in [6.07, 6.45) is 5.17. The van der Waals surface area contributed by atoms with E-state index in [1.165, 1.54) is 0 Å². The molecule has 1 fully saturated rings. The third-order valence-corrected chi connectivity index (χ3v) is 2.44.